The molecule has 0 heterocycles. The van der Waals surface area contributed by atoms with E-state index in [-0.39, 0.29) is 30.5 Å². The Bertz CT molecular complexity index is 464. The number of hydrogen-bond acceptors (Lipinski definition) is 2. The van der Waals surface area contributed by atoms with Crippen LogP contribution in [0.3, 0.4) is 0 Å². The number of alkyl halides is 3. The van der Waals surface area contributed by atoms with Crippen molar-refractivity contribution >= 4 is 24.0 Å². The third-order valence-electron chi connectivity index (χ3n) is 2.85. The quantitative estimate of drug-likeness (QED) is 0.774. The molecule has 120 valence electrons. The number of carbonyl (C=O) groups excluding carboxylic acids is 1. The molecule has 1 aromatic rings. The molecule has 0 aliphatic rings. The van der Waals surface area contributed by atoms with E-state index in [2.05, 4.69) is 5.32 Å². The zero-order chi connectivity index (χ0) is 15.2. The minimum absolute atomic E-state index is 0. The van der Waals surface area contributed by atoms with Crippen molar-refractivity contribution in [2.75, 3.05) is 5.32 Å². The molecule has 21 heavy (non-hydrogen) atoms. The van der Waals surface area contributed by atoms with Gasteiger partial charge in [-0.3, -0.25) is 4.79 Å². The molecule has 0 aromatic heterocycles. The summed E-state index contributed by atoms with van der Waals surface area (Å²) in [7, 11) is 0. The molecular formula is C14H20ClF3N2O. The van der Waals surface area contributed by atoms with Crippen LogP contribution in [0.5, 0.6) is 0 Å². The monoisotopic (exact) mass is 324 g/mol. The fourth-order valence-corrected chi connectivity index (χ4v) is 1.80. The van der Waals surface area contributed by atoms with Gasteiger partial charge in [-0.05, 0) is 30.2 Å². The lowest BCUT2D eigenvalue weighted by Crippen LogP contribution is -2.14. The summed E-state index contributed by atoms with van der Waals surface area (Å²) in [5, 5.41) is 2.49. The zero-order valence-electron chi connectivity index (χ0n) is 11.8. The molecule has 0 aliphatic carbocycles. The number of nitrogens with two attached hydrogens (primary N) is 1. The van der Waals surface area contributed by atoms with Gasteiger partial charge >= 0.3 is 6.18 Å². The molecule has 0 spiro atoms. The van der Waals surface area contributed by atoms with Crippen LogP contribution < -0.4 is 11.1 Å². The van der Waals surface area contributed by atoms with Crippen LogP contribution in [0, 0.1) is 0 Å². The van der Waals surface area contributed by atoms with Crippen molar-refractivity contribution in [3.8, 4) is 0 Å². The van der Waals surface area contributed by atoms with E-state index >= 15 is 0 Å². The second kappa shape index (κ2) is 8.89. The second-order valence-electron chi connectivity index (χ2n) is 4.63. The van der Waals surface area contributed by atoms with Crippen molar-refractivity contribution in [2.24, 2.45) is 5.73 Å². The first kappa shape index (κ1) is 19.7. The van der Waals surface area contributed by atoms with Crippen molar-refractivity contribution < 1.29 is 18.0 Å². The summed E-state index contributed by atoms with van der Waals surface area (Å²) in [6.07, 6.45) is -1.52. The van der Waals surface area contributed by atoms with Crippen molar-refractivity contribution in [3.05, 3.63) is 29.3 Å². The number of amides is 1. The van der Waals surface area contributed by atoms with Gasteiger partial charge in [-0.2, -0.15) is 13.2 Å². The van der Waals surface area contributed by atoms with Crippen LogP contribution in [0.1, 0.15) is 43.7 Å². The summed E-state index contributed by atoms with van der Waals surface area (Å²) in [5.74, 6) is -0.277. The maximum Gasteiger partial charge on any atom is 0.416 e. The van der Waals surface area contributed by atoms with Gasteiger partial charge in [-0.15, -0.1) is 12.4 Å². The smallest absolute Gasteiger partial charge is 0.326 e. The van der Waals surface area contributed by atoms with Gasteiger partial charge in [0.05, 0.1) is 5.56 Å². The van der Waals surface area contributed by atoms with Gasteiger partial charge in [-0.25, -0.2) is 0 Å². The number of benzene rings is 1. The average Bonchev–Trinajstić information content (AvgIpc) is 2.37. The molecular weight excluding hydrogens is 305 g/mol. The Morgan fingerprint density at radius 1 is 1.24 bits per heavy atom. The molecule has 0 saturated heterocycles. The minimum atomic E-state index is -4.45. The maximum absolute atomic E-state index is 12.7. The summed E-state index contributed by atoms with van der Waals surface area (Å²) < 4.78 is 38.1. The van der Waals surface area contributed by atoms with Gasteiger partial charge in [0, 0.05) is 18.7 Å². The number of unbranched alkanes of at least 4 members (excludes halogenated alkanes) is 2. The lowest BCUT2D eigenvalue weighted by molar-refractivity contribution is -0.137. The molecule has 3 nitrogen and oxygen atoms in total. The van der Waals surface area contributed by atoms with Gasteiger partial charge < -0.3 is 11.1 Å². The highest BCUT2D eigenvalue weighted by Gasteiger charge is 2.31. The number of hydrogen-bond donors (Lipinski definition) is 2. The largest absolute Gasteiger partial charge is 0.416 e. The van der Waals surface area contributed by atoms with Crippen LogP contribution in [0.25, 0.3) is 0 Å². The summed E-state index contributed by atoms with van der Waals surface area (Å²) in [5.41, 5.74) is 5.06. The fourth-order valence-electron chi connectivity index (χ4n) is 1.80. The number of anilines is 1. The third kappa shape index (κ3) is 6.82. The molecule has 1 rings (SSSR count). The van der Waals surface area contributed by atoms with Crippen molar-refractivity contribution in [3.63, 3.8) is 0 Å². The van der Waals surface area contributed by atoms with Crippen LogP contribution in [-0.2, 0) is 17.5 Å². The summed E-state index contributed by atoms with van der Waals surface area (Å²) in [6, 6.07) is 3.39. The molecule has 1 aromatic carbocycles. The molecule has 0 aliphatic heterocycles. The van der Waals surface area contributed by atoms with E-state index in [1.165, 1.54) is 6.07 Å². The lowest BCUT2D eigenvalue weighted by Gasteiger charge is -2.12. The van der Waals surface area contributed by atoms with Gasteiger partial charge in [-0.1, -0.05) is 19.8 Å². The molecule has 0 unspecified atom stereocenters. The Labute approximate surface area is 128 Å². The standard InChI is InChI=1S/C14H19F3N2O.ClH/c1-2-3-4-5-13(20)19-12-7-10(9-18)6-11(8-12)14(15,16)17;/h6-8H,2-5,9,18H2,1H3,(H,19,20);1H. The first-order valence-corrected chi connectivity index (χ1v) is 6.58. The van der Waals surface area contributed by atoms with Gasteiger partial charge in [0.1, 0.15) is 0 Å². The Morgan fingerprint density at radius 2 is 1.90 bits per heavy atom. The Kier molecular flexibility index (Phi) is 8.36. The van der Waals surface area contributed by atoms with Gasteiger partial charge in [0.25, 0.3) is 0 Å². The lowest BCUT2D eigenvalue weighted by atomic mass is 10.1. The SMILES string of the molecule is CCCCCC(=O)Nc1cc(CN)cc(C(F)(F)F)c1.Cl. The number of rotatable bonds is 6. The van der Waals surface area contributed by atoms with Crippen LogP contribution in [0.2, 0.25) is 0 Å². The first-order chi connectivity index (χ1) is 9.36. The van der Waals surface area contributed by atoms with Gasteiger partial charge in [0.15, 0.2) is 0 Å². The summed E-state index contributed by atoms with van der Waals surface area (Å²) in [4.78, 5) is 11.6. The Morgan fingerprint density at radius 3 is 2.43 bits per heavy atom. The van der Waals surface area contributed by atoms with Gasteiger partial charge in [0.2, 0.25) is 5.91 Å². The minimum Gasteiger partial charge on any atom is -0.326 e. The highest BCUT2D eigenvalue weighted by atomic mass is 35.5. The molecule has 0 saturated carbocycles. The third-order valence-corrected chi connectivity index (χ3v) is 2.85. The zero-order valence-corrected chi connectivity index (χ0v) is 12.6. The Hall–Kier alpha value is -1.27. The topological polar surface area (TPSA) is 55.1 Å². The van der Waals surface area contributed by atoms with E-state index in [0.29, 0.717) is 12.0 Å². The normalized spacial score (nSPS) is 10.9. The van der Waals surface area contributed by atoms with Crippen molar-refractivity contribution in [1.82, 2.24) is 0 Å². The van der Waals surface area contributed by atoms with Crippen molar-refractivity contribution in [2.45, 2.75) is 45.3 Å². The fraction of sp³-hybridized carbons (Fsp3) is 0.500. The van der Waals surface area contributed by atoms with Crippen LogP contribution in [0.4, 0.5) is 18.9 Å². The molecule has 7 heteroatoms. The highest BCUT2D eigenvalue weighted by molar-refractivity contribution is 5.90. The molecule has 1 amide bonds. The van der Waals surface area contributed by atoms with E-state index in [0.717, 1.165) is 31.4 Å². The van der Waals surface area contributed by atoms with E-state index < -0.39 is 11.7 Å². The van der Waals surface area contributed by atoms with Crippen LogP contribution in [0.15, 0.2) is 18.2 Å². The first-order valence-electron chi connectivity index (χ1n) is 6.58. The van der Waals surface area contributed by atoms with E-state index in [4.69, 9.17) is 5.73 Å². The van der Waals surface area contributed by atoms with E-state index in [1.54, 1.807) is 0 Å². The number of halogens is 4. The summed E-state index contributed by atoms with van der Waals surface area (Å²) in [6.45, 7) is 2.00. The maximum atomic E-state index is 12.7. The average molecular weight is 325 g/mol. The number of carbonyl (C=O) groups is 1. The van der Waals surface area contributed by atoms with Crippen LogP contribution in [-0.4, -0.2) is 5.91 Å². The highest BCUT2D eigenvalue weighted by Crippen LogP contribution is 2.32. The van der Waals surface area contributed by atoms with E-state index in [9.17, 15) is 18.0 Å². The van der Waals surface area contributed by atoms with Crippen LogP contribution >= 0.6 is 12.4 Å². The molecule has 0 bridgehead atoms. The predicted molar refractivity (Wildman–Crippen MR) is 79.4 cm³/mol. The molecule has 0 radical (unpaired) electrons. The molecule has 0 atom stereocenters. The van der Waals surface area contributed by atoms with E-state index in [1.807, 2.05) is 6.92 Å². The predicted octanol–water partition coefficient (Wildman–Crippen LogP) is 4.10. The molecule has 0 fully saturated rings. The second-order valence-corrected chi connectivity index (χ2v) is 4.63. The number of nitrogens with one attached hydrogen (secondary N) is 1. The Balaban J connectivity index is 0.00000400. The molecule has 3 N–H and O–H groups in total. The van der Waals surface area contributed by atoms with Crippen molar-refractivity contribution in [1.29, 1.82) is 0 Å². The summed E-state index contributed by atoms with van der Waals surface area (Å²) >= 11 is 0.